The summed E-state index contributed by atoms with van der Waals surface area (Å²) in [6, 6.07) is 15.1. The van der Waals surface area contributed by atoms with Crippen LogP contribution in [0.25, 0.3) is 0 Å². The van der Waals surface area contributed by atoms with Gasteiger partial charge in [-0.15, -0.1) is 0 Å². The Morgan fingerprint density at radius 2 is 1.90 bits per heavy atom. The molecule has 0 fully saturated rings. The second-order valence-electron chi connectivity index (χ2n) is 7.36. The first-order chi connectivity index (χ1) is 15.0. The van der Waals surface area contributed by atoms with Crippen molar-refractivity contribution in [3.63, 3.8) is 0 Å². The molecule has 0 saturated heterocycles. The summed E-state index contributed by atoms with van der Waals surface area (Å²) in [7, 11) is 4.87. The van der Waals surface area contributed by atoms with Crippen LogP contribution < -0.4 is 20.1 Å². The van der Waals surface area contributed by atoms with Crippen molar-refractivity contribution in [1.29, 1.82) is 0 Å². The number of fused-ring (bicyclic) bond motifs is 1. The maximum atomic E-state index is 12.8. The van der Waals surface area contributed by atoms with Crippen molar-refractivity contribution >= 4 is 23.5 Å². The number of hydrogen-bond donors (Lipinski definition) is 2. The Morgan fingerprint density at radius 1 is 1.16 bits per heavy atom. The maximum Gasteiger partial charge on any atom is 0.230 e. The third-order valence-corrected chi connectivity index (χ3v) is 5.35. The van der Waals surface area contributed by atoms with E-state index in [2.05, 4.69) is 15.7 Å². The molecule has 3 aromatic rings. The van der Waals surface area contributed by atoms with E-state index in [9.17, 15) is 9.59 Å². The van der Waals surface area contributed by atoms with E-state index in [1.807, 2.05) is 36.4 Å². The molecule has 8 heteroatoms. The lowest BCUT2D eigenvalue weighted by molar-refractivity contribution is -0.117. The first-order valence-electron chi connectivity index (χ1n) is 9.92. The summed E-state index contributed by atoms with van der Waals surface area (Å²) in [4.78, 5) is 25.1. The fourth-order valence-corrected chi connectivity index (χ4v) is 3.90. The minimum atomic E-state index is -0.211. The first kappa shape index (κ1) is 20.5. The molecule has 31 heavy (non-hydrogen) atoms. The first-order valence-corrected chi connectivity index (χ1v) is 9.92. The summed E-state index contributed by atoms with van der Waals surface area (Å²) in [5.74, 6) is 1.75. The molecule has 2 aromatic carbocycles. The smallest absolute Gasteiger partial charge is 0.230 e. The Balaban J connectivity index is 1.61. The topological polar surface area (TPSA) is 94.5 Å². The molecule has 1 aliphatic heterocycles. The molecule has 2 amide bonds. The molecule has 1 unspecified atom stereocenters. The zero-order chi connectivity index (χ0) is 22.0. The van der Waals surface area contributed by atoms with E-state index < -0.39 is 0 Å². The summed E-state index contributed by atoms with van der Waals surface area (Å²) in [6.07, 6.45) is 0.440. The number of hydrogen-bond acceptors (Lipinski definition) is 5. The van der Waals surface area contributed by atoms with Crippen molar-refractivity contribution in [1.82, 2.24) is 9.78 Å². The number of nitrogens with one attached hydrogen (secondary N) is 2. The van der Waals surface area contributed by atoms with Crippen molar-refractivity contribution in [2.24, 2.45) is 7.05 Å². The molecule has 8 nitrogen and oxygen atoms in total. The zero-order valence-corrected chi connectivity index (χ0v) is 17.6. The predicted molar refractivity (Wildman–Crippen MR) is 117 cm³/mol. The molecule has 0 saturated carbocycles. The van der Waals surface area contributed by atoms with E-state index >= 15 is 0 Å². The van der Waals surface area contributed by atoms with Crippen LogP contribution in [-0.2, 0) is 23.1 Å². The van der Waals surface area contributed by atoms with Crippen molar-refractivity contribution in [3.8, 4) is 11.5 Å². The Hall–Kier alpha value is -3.81. The van der Waals surface area contributed by atoms with Crippen LogP contribution in [0.15, 0.2) is 48.5 Å². The number of benzene rings is 2. The molecule has 0 radical (unpaired) electrons. The summed E-state index contributed by atoms with van der Waals surface area (Å²) in [6.45, 7) is 0. The molecule has 0 bridgehead atoms. The largest absolute Gasteiger partial charge is 0.493 e. The van der Waals surface area contributed by atoms with Crippen LogP contribution in [0.4, 0.5) is 11.6 Å². The molecule has 1 aliphatic rings. The minimum absolute atomic E-state index is 0.0763. The number of rotatable bonds is 6. The molecule has 1 atom stereocenters. The Morgan fingerprint density at radius 3 is 2.61 bits per heavy atom. The van der Waals surface area contributed by atoms with Gasteiger partial charge in [0.2, 0.25) is 11.8 Å². The van der Waals surface area contributed by atoms with Crippen molar-refractivity contribution in [2.45, 2.75) is 18.8 Å². The molecule has 2 N–H and O–H groups in total. The lowest BCUT2D eigenvalue weighted by Gasteiger charge is -2.24. The number of amides is 2. The van der Waals surface area contributed by atoms with E-state index in [0.29, 0.717) is 29.6 Å². The van der Waals surface area contributed by atoms with Crippen LogP contribution in [0.5, 0.6) is 11.5 Å². The third-order valence-electron chi connectivity index (χ3n) is 5.35. The highest BCUT2D eigenvalue weighted by molar-refractivity contribution is 5.98. The van der Waals surface area contributed by atoms with Gasteiger partial charge < -0.3 is 20.1 Å². The van der Waals surface area contributed by atoms with Crippen LogP contribution in [0, 0.1) is 0 Å². The Bertz CT molecular complexity index is 1120. The molecular weight excluding hydrogens is 396 g/mol. The number of aryl methyl sites for hydroxylation is 1. The van der Waals surface area contributed by atoms with Gasteiger partial charge in [-0.3, -0.25) is 14.3 Å². The quantitative estimate of drug-likeness (QED) is 0.639. The molecule has 0 aliphatic carbocycles. The van der Waals surface area contributed by atoms with Gasteiger partial charge in [-0.05, 0) is 23.3 Å². The molecule has 160 valence electrons. The van der Waals surface area contributed by atoms with Gasteiger partial charge in [0.1, 0.15) is 5.82 Å². The normalized spacial score (nSPS) is 15.1. The van der Waals surface area contributed by atoms with Gasteiger partial charge in [-0.25, -0.2) is 0 Å². The number of ether oxygens (including phenoxy) is 2. The lowest BCUT2D eigenvalue weighted by Crippen LogP contribution is -2.25. The monoisotopic (exact) mass is 420 g/mol. The van der Waals surface area contributed by atoms with Crippen LogP contribution in [0.3, 0.4) is 0 Å². The summed E-state index contributed by atoms with van der Waals surface area (Å²) in [5.41, 5.74) is 2.60. The number of nitrogens with zero attached hydrogens (tertiary/aromatic N) is 2. The van der Waals surface area contributed by atoms with Gasteiger partial charge in [0, 0.05) is 24.9 Å². The van der Waals surface area contributed by atoms with Crippen molar-refractivity contribution < 1.29 is 19.1 Å². The van der Waals surface area contributed by atoms with E-state index in [1.165, 1.54) is 0 Å². The minimum Gasteiger partial charge on any atom is -0.493 e. The van der Waals surface area contributed by atoms with Crippen LogP contribution in [0.2, 0.25) is 0 Å². The second-order valence-corrected chi connectivity index (χ2v) is 7.36. The van der Waals surface area contributed by atoms with Gasteiger partial charge in [0.05, 0.1) is 20.6 Å². The zero-order valence-electron chi connectivity index (χ0n) is 17.6. The number of anilines is 2. The van der Waals surface area contributed by atoms with Crippen LogP contribution >= 0.6 is 0 Å². The van der Waals surface area contributed by atoms with Gasteiger partial charge in [0.15, 0.2) is 17.3 Å². The lowest BCUT2D eigenvalue weighted by atomic mass is 9.86. The summed E-state index contributed by atoms with van der Waals surface area (Å²) < 4.78 is 12.2. The fraction of sp³-hybridized carbons (Fsp3) is 0.261. The molecule has 2 heterocycles. The number of carbonyl (C=O) groups excluding carboxylic acids is 2. The average molecular weight is 420 g/mol. The number of carbonyl (C=O) groups is 2. The predicted octanol–water partition coefficient (Wildman–Crippen LogP) is 3.09. The standard InChI is InChI=1S/C23H24N4O4/c1-27-23-21(16(13-20(29)25-23)15-7-5-4-6-8-15)22(26-27)24-19(28)12-14-9-10-17(30-2)18(11-14)31-3/h4-11,16H,12-13H2,1-3H3,(H,25,29)(H,24,26,28). The SMILES string of the molecule is COc1ccc(CC(=O)Nc2nn(C)c3c2C(c2ccccc2)CC(=O)N3)cc1OC. The van der Waals surface area contributed by atoms with E-state index in [0.717, 1.165) is 16.7 Å². The maximum absolute atomic E-state index is 12.8. The summed E-state index contributed by atoms with van der Waals surface area (Å²) >= 11 is 0. The van der Waals surface area contributed by atoms with E-state index in [-0.39, 0.29) is 24.2 Å². The van der Waals surface area contributed by atoms with Crippen LogP contribution in [-0.4, -0.2) is 35.8 Å². The Labute approximate surface area is 180 Å². The van der Waals surface area contributed by atoms with E-state index in [4.69, 9.17) is 9.47 Å². The van der Waals surface area contributed by atoms with Crippen molar-refractivity contribution in [3.05, 3.63) is 65.2 Å². The summed E-state index contributed by atoms with van der Waals surface area (Å²) in [5, 5.41) is 10.3. The average Bonchev–Trinajstić information content (AvgIpc) is 3.08. The van der Waals surface area contributed by atoms with Crippen molar-refractivity contribution in [2.75, 3.05) is 24.9 Å². The molecular formula is C23H24N4O4. The van der Waals surface area contributed by atoms with Crippen LogP contribution in [0.1, 0.15) is 29.0 Å². The molecule has 4 rings (SSSR count). The second kappa shape index (κ2) is 8.51. The van der Waals surface area contributed by atoms with Gasteiger partial charge >= 0.3 is 0 Å². The highest BCUT2D eigenvalue weighted by Gasteiger charge is 2.33. The Kier molecular flexibility index (Phi) is 5.62. The number of methoxy groups -OCH3 is 2. The highest BCUT2D eigenvalue weighted by atomic mass is 16.5. The molecule has 1 aromatic heterocycles. The fourth-order valence-electron chi connectivity index (χ4n) is 3.90. The van der Waals surface area contributed by atoms with Gasteiger partial charge in [-0.2, -0.15) is 5.10 Å². The van der Waals surface area contributed by atoms with Gasteiger partial charge in [-0.1, -0.05) is 36.4 Å². The number of aromatic nitrogens is 2. The van der Waals surface area contributed by atoms with E-state index in [1.54, 1.807) is 38.1 Å². The third kappa shape index (κ3) is 4.09. The molecule has 0 spiro atoms. The highest BCUT2D eigenvalue weighted by Crippen LogP contribution is 2.41. The van der Waals surface area contributed by atoms with Gasteiger partial charge in [0.25, 0.3) is 0 Å².